The Balaban J connectivity index is 1.38. The number of piperazine rings is 1. The highest BCUT2D eigenvalue weighted by Gasteiger charge is 2.25. The van der Waals surface area contributed by atoms with E-state index in [2.05, 4.69) is 25.1 Å². The summed E-state index contributed by atoms with van der Waals surface area (Å²) >= 11 is 1.35. The van der Waals surface area contributed by atoms with Crippen molar-refractivity contribution in [3.8, 4) is 0 Å². The van der Waals surface area contributed by atoms with Crippen LogP contribution in [0, 0.1) is 6.92 Å². The maximum absolute atomic E-state index is 12.3. The van der Waals surface area contributed by atoms with Crippen molar-refractivity contribution in [3.63, 3.8) is 0 Å². The van der Waals surface area contributed by atoms with E-state index in [1.807, 2.05) is 37.3 Å². The molecular weight excluding hydrogens is 426 g/mol. The van der Waals surface area contributed by atoms with Crippen molar-refractivity contribution < 1.29 is 14.3 Å². The number of fused-ring (bicyclic) bond motifs is 1. The van der Waals surface area contributed by atoms with E-state index in [0.717, 1.165) is 53.3 Å². The van der Waals surface area contributed by atoms with Gasteiger partial charge in [-0.1, -0.05) is 30.3 Å². The van der Waals surface area contributed by atoms with Crippen LogP contribution in [0.25, 0.3) is 10.2 Å². The number of nitrogens with one attached hydrogen (secondary N) is 1. The Hall–Kier alpha value is -3.04. The van der Waals surface area contributed by atoms with E-state index >= 15 is 0 Å². The van der Waals surface area contributed by atoms with Gasteiger partial charge < -0.3 is 15.0 Å². The molecule has 1 aliphatic heterocycles. The van der Waals surface area contributed by atoms with Gasteiger partial charge in [-0.3, -0.25) is 9.69 Å². The number of thiophene rings is 1. The van der Waals surface area contributed by atoms with E-state index in [1.165, 1.54) is 11.3 Å². The molecule has 1 amide bonds. The van der Waals surface area contributed by atoms with Crippen LogP contribution in [-0.4, -0.2) is 66.1 Å². The van der Waals surface area contributed by atoms with E-state index < -0.39 is 0 Å². The summed E-state index contributed by atoms with van der Waals surface area (Å²) in [4.78, 5) is 39.3. The van der Waals surface area contributed by atoms with Crippen LogP contribution >= 0.6 is 11.3 Å². The maximum atomic E-state index is 12.3. The molecule has 0 saturated carbocycles. The number of nitrogens with zero attached hydrogens (tertiary/aromatic N) is 4. The van der Waals surface area contributed by atoms with Crippen LogP contribution in [-0.2, 0) is 16.1 Å². The molecule has 8 nitrogen and oxygen atoms in total. The molecule has 0 atom stereocenters. The summed E-state index contributed by atoms with van der Waals surface area (Å²) in [5.41, 5.74) is 1.95. The fraction of sp³-hybridized carbons (Fsp3) is 0.391. The Morgan fingerprint density at radius 3 is 2.59 bits per heavy atom. The van der Waals surface area contributed by atoms with Gasteiger partial charge in [-0.15, -0.1) is 11.3 Å². The summed E-state index contributed by atoms with van der Waals surface area (Å²) in [5, 5.41) is 3.90. The zero-order valence-corrected chi connectivity index (χ0v) is 19.2. The van der Waals surface area contributed by atoms with Crippen LogP contribution in [0.5, 0.6) is 0 Å². The lowest BCUT2D eigenvalue weighted by atomic mass is 10.2. The number of aryl methyl sites for hydroxylation is 1. The lowest BCUT2D eigenvalue weighted by Crippen LogP contribution is -2.49. The number of esters is 1. The monoisotopic (exact) mass is 453 g/mol. The van der Waals surface area contributed by atoms with Gasteiger partial charge in [-0.05, 0) is 25.0 Å². The predicted octanol–water partition coefficient (Wildman–Crippen LogP) is 2.61. The number of hydrogen-bond donors (Lipinski definition) is 1. The third-order valence-corrected chi connectivity index (χ3v) is 6.72. The summed E-state index contributed by atoms with van der Waals surface area (Å²) in [6, 6.07) is 9.90. The molecule has 3 heterocycles. The van der Waals surface area contributed by atoms with Crippen LogP contribution in [0.15, 0.2) is 36.7 Å². The lowest BCUT2D eigenvalue weighted by Gasteiger charge is -2.35. The minimum Gasteiger partial charge on any atom is -0.462 e. The molecule has 0 unspecified atom stereocenters. The van der Waals surface area contributed by atoms with Gasteiger partial charge in [0.1, 0.15) is 21.9 Å². The molecule has 1 fully saturated rings. The first-order chi connectivity index (χ1) is 15.6. The van der Waals surface area contributed by atoms with Gasteiger partial charge in [0.05, 0.1) is 18.5 Å². The second-order valence-electron chi connectivity index (χ2n) is 7.68. The molecule has 0 spiro atoms. The van der Waals surface area contributed by atoms with Crippen LogP contribution in [0.3, 0.4) is 0 Å². The molecule has 2 aromatic heterocycles. The quantitative estimate of drug-likeness (QED) is 0.550. The first kappa shape index (κ1) is 22.2. The Morgan fingerprint density at radius 2 is 1.88 bits per heavy atom. The van der Waals surface area contributed by atoms with Crippen molar-refractivity contribution in [3.05, 3.63) is 52.7 Å². The minimum atomic E-state index is -0.315. The molecule has 1 aromatic carbocycles. The van der Waals surface area contributed by atoms with E-state index in [9.17, 15) is 9.59 Å². The van der Waals surface area contributed by atoms with Crippen molar-refractivity contribution in [1.29, 1.82) is 0 Å². The average Bonchev–Trinajstić information content (AvgIpc) is 3.16. The maximum Gasteiger partial charge on any atom is 0.348 e. The number of aromatic nitrogens is 2. The standard InChI is InChI=1S/C23H27N5O3S/c1-3-31-23(30)20-16(2)19-21(25-15-26-22(19)32-20)28-11-9-27(10-12-28)14-18(29)24-13-17-7-5-4-6-8-17/h4-8,15H,3,9-14H2,1-2H3,(H,24,29). The Bertz CT molecular complexity index is 1090. The molecule has 1 N–H and O–H groups in total. The number of carbonyl (C=O) groups is 2. The van der Waals surface area contributed by atoms with Crippen molar-refractivity contribution in [2.75, 3.05) is 44.2 Å². The van der Waals surface area contributed by atoms with Gasteiger partial charge in [0.25, 0.3) is 0 Å². The lowest BCUT2D eigenvalue weighted by molar-refractivity contribution is -0.122. The number of hydrogen-bond acceptors (Lipinski definition) is 8. The first-order valence-electron chi connectivity index (χ1n) is 10.8. The van der Waals surface area contributed by atoms with Crippen molar-refractivity contribution in [2.45, 2.75) is 20.4 Å². The van der Waals surface area contributed by atoms with Crippen LogP contribution in [0.4, 0.5) is 5.82 Å². The second kappa shape index (κ2) is 10.1. The first-order valence-corrected chi connectivity index (χ1v) is 11.6. The number of anilines is 1. The summed E-state index contributed by atoms with van der Waals surface area (Å²) in [5.74, 6) is 0.553. The molecule has 0 aliphatic carbocycles. The van der Waals surface area contributed by atoms with Crippen molar-refractivity contribution in [2.24, 2.45) is 0 Å². The van der Waals surface area contributed by atoms with Crippen molar-refractivity contribution in [1.82, 2.24) is 20.2 Å². The van der Waals surface area contributed by atoms with Gasteiger partial charge in [0, 0.05) is 32.7 Å². The van der Waals surface area contributed by atoms with Gasteiger partial charge in [0.15, 0.2) is 0 Å². The number of benzene rings is 1. The fourth-order valence-corrected chi connectivity index (χ4v) is 4.89. The normalized spacial score (nSPS) is 14.5. The van der Waals surface area contributed by atoms with Crippen LogP contribution in [0.1, 0.15) is 27.7 Å². The molecule has 4 rings (SSSR count). The summed E-state index contributed by atoms with van der Waals surface area (Å²) < 4.78 is 5.19. The molecule has 168 valence electrons. The number of carbonyl (C=O) groups excluding carboxylic acids is 2. The molecule has 9 heteroatoms. The van der Waals surface area contributed by atoms with E-state index in [-0.39, 0.29) is 11.9 Å². The number of amides is 1. The van der Waals surface area contributed by atoms with Crippen LogP contribution in [0.2, 0.25) is 0 Å². The molecule has 0 bridgehead atoms. The highest BCUT2D eigenvalue weighted by Crippen LogP contribution is 2.35. The number of rotatable bonds is 7. The topological polar surface area (TPSA) is 87.7 Å². The Kier molecular flexibility index (Phi) is 6.96. The molecule has 1 aliphatic rings. The molecule has 1 saturated heterocycles. The van der Waals surface area contributed by atoms with Gasteiger partial charge in [-0.2, -0.15) is 0 Å². The third kappa shape index (κ3) is 4.89. The SMILES string of the molecule is CCOC(=O)c1sc2ncnc(N3CCN(CC(=O)NCc4ccccc4)CC3)c2c1C. The average molecular weight is 454 g/mol. The van der Waals surface area contributed by atoms with Crippen LogP contribution < -0.4 is 10.2 Å². The largest absolute Gasteiger partial charge is 0.462 e. The summed E-state index contributed by atoms with van der Waals surface area (Å²) in [6.45, 7) is 8.01. The Morgan fingerprint density at radius 1 is 1.12 bits per heavy atom. The summed E-state index contributed by atoms with van der Waals surface area (Å²) in [7, 11) is 0. The van der Waals surface area contributed by atoms with E-state index in [1.54, 1.807) is 13.3 Å². The molecule has 32 heavy (non-hydrogen) atoms. The highest BCUT2D eigenvalue weighted by atomic mass is 32.1. The molecule has 0 radical (unpaired) electrons. The smallest absolute Gasteiger partial charge is 0.348 e. The molecular formula is C23H27N5O3S. The van der Waals surface area contributed by atoms with Gasteiger partial charge in [0.2, 0.25) is 5.91 Å². The second-order valence-corrected chi connectivity index (χ2v) is 8.68. The molecule has 3 aromatic rings. The predicted molar refractivity (Wildman–Crippen MR) is 125 cm³/mol. The van der Waals surface area contributed by atoms with Gasteiger partial charge >= 0.3 is 5.97 Å². The highest BCUT2D eigenvalue weighted by molar-refractivity contribution is 7.20. The van der Waals surface area contributed by atoms with E-state index in [0.29, 0.717) is 24.6 Å². The number of ether oxygens (including phenoxy) is 1. The third-order valence-electron chi connectivity index (χ3n) is 5.54. The van der Waals surface area contributed by atoms with Gasteiger partial charge in [-0.25, -0.2) is 14.8 Å². The summed E-state index contributed by atoms with van der Waals surface area (Å²) in [6.07, 6.45) is 1.55. The zero-order chi connectivity index (χ0) is 22.5. The Labute approximate surface area is 191 Å². The van der Waals surface area contributed by atoms with Crippen molar-refractivity contribution >= 4 is 39.2 Å². The zero-order valence-electron chi connectivity index (χ0n) is 18.3. The minimum absolute atomic E-state index is 0.0273. The fourth-order valence-electron chi connectivity index (χ4n) is 3.86. The van der Waals surface area contributed by atoms with E-state index in [4.69, 9.17) is 4.74 Å².